The second kappa shape index (κ2) is 47.6. The minimum Gasteiger partial charge on any atom is -0.460 e. The Morgan fingerprint density at radius 3 is 1.74 bits per heavy atom. The number of carbonyl (C=O) groups is 9. The van der Waals surface area contributed by atoms with Gasteiger partial charge >= 0.3 is 11.9 Å². The molecule has 0 aromatic heterocycles. The van der Waals surface area contributed by atoms with Gasteiger partial charge in [0.2, 0.25) is 11.6 Å². The lowest BCUT2D eigenvalue weighted by Crippen LogP contribution is -2.64. The molecule has 6 aliphatic heterocycles. The van der Waals surface area contributed by atoms with Gasteiger partial charge in [-0.05, 0) is 202 Å². The average Bonchev–Trinajstić information content (AvgIpc) is 0.804. The smallest absolute Gasteiger partial charge is 0.329 e. The van der Waals surface area contributed by atoms with Crippen molar-refractivity contribution in [1.82, 2.24) is 9.80 Å². The number of ether oxygens (including phenoxy) is 10. The van der Waals surface area contributed by atoms with Crippen molar-refractivity contribution in [1.29, 1.82) is 0 Å². The van der Waals surface area contributed by atoms with Crippen molar-refractivity contribution in [2.24, 2.45) is 65.1 Å². The fourth-order valence-electron chi connectivity index (χ4n) is 19.5. The first-order valence-corrected chi connectivity index (χ1v) is 44.7. The van der Waals surface area contributed by atoms with Crippen molar-refractivity contribution >= 4 is 52.7 Å². The number of nitrogens with zero attached hydrogens (tertiary/aromatic N) is 2. The molecule has 6 fully saturated rings. The number of ketones is 5. The maximum Gasteiger partial charge on any atom is 0.329 e. The number of methoxy groups -OCH3 is 6. The third-order valence-electron chi connectivity index (χ3n) is 27.4. The van der Waals surface area contributed by atoms with Crippen LogP contribution in [0.3, 0.4) is 0 Å². The van der Waals surface area contributed by atoms with E-state index in [-0.39, 0.29) is 104 Å². The first-order valence-electron chi connectivity index (χ1n) is 44.7. The minimum absolute atomic E-state index is 0.000914. The summed E-state index contributed by atoms with van der Waals surface area (Å²) in [6.45, 7) is 24.0. The summed E-state index contributed by atoms with van der Waals surface area (Å²) < 4.78 is 59.1. The van der Waals surface area contributed by atoms with Crippen LogP contribution in [-0.4, -0.2) is 258 Å². The van der Waals surface area contributed by atoms with Crippen LogP contribution in [0.1, 0.15) is 238 Å². The van der Waals surface area contributed by atoms with Crippen molar-refractivity contribution in [3.63, 3.8) is 0 Å². The van der Waals surface area contributed by atoms with E-state index in [1.807, 2.05) is 91.0 Å². The molecule has 684 valence electrons. The predicted molar refractivity (Wildman–Crippen MR) is 453 cm³/mol. The highest BCUT2D eigenvalue weighted by Gasteiger charge is 2.58. The normalized spacial score (nSPS) is 41.0. The quantitative estimate of drug-likeness (QED) is 0.0600. The zero-order chi connectivity index (χ0) is 89.7. The summed E-state index contributed by atoms with van der Waals surface area (Å²) in [5.74, 6) is -15.5. The van der Waals surface area contributed by atoms with Gasteiger partial charge in [0.1, 0.15) is 54.2 Å². The van der Waals surface area contributed by atoms with Crippen LogP contribution in [0.2, 0.25) is 0 Å². The molecule has 0 aromatic carbocycles. The first kappa shape index (κ1) is 102. The summed E-state index contributed by atoms with van der Waals surface area (Å²) in [4.78, 5) is 129. The molecule has 0 aromatic rings. The lowest BCUT2D eigenvalue weighted by molar-refractivity contribution is -0.302. The second-order valence-corrected chi connectivity index (χ2v) is 36.7. The number of fused-ring (bicyclic) bond motifs is 6. The fraction of sp³-hybridized carbons (Fsp3) is 0.777. The maximum atomic E-state index is 14.4. The van der Waals surface area contributed by atoms with Gasteiger partial charge in [-0.2, -0.15) is 0 Å². The van der Waals surface area contributed by atoms with Crippen LogP contribution in [-0.2, 0) is 90.5 Å². The number of aliphatic hydroxyl groups is 6. The molecule has 121 heavy (non-hydrogen) atoms. The molecule has 27 heteroatoms. The number of hydrogen-bond donors (Lipinski definition) is 6. The average molecular weight is 1710 g/mol. The molecule has 3 unspecified atom stereocenters. The number of aliphatic hydroxyl groups excluding tert-OH is 4. The summed E-state index contributed by atoms with van der Waals surface area (Å²) in [5.41, 5.74) is 2.93. The third-order valence-corrected chi connectivity index (χ3v) is 27.4. The molecule has 8 rings (SSSR count). The zero-order valence-electron chi connectivity index (χ0n) is 75.7. The molecule has 0 spiro atoms. The van der Waals surface area contributed by atoms with Crippen LogP contribution in [0, 0.1) is 65.1 Å². The summed E-state index contributed by atoms with van der Waals surface area (Å²) in [7, 11) is 9.15. The van der Waals surface area contributed by atoms with Crippen LogP contribution in [0.5, 0.6) is 0 Å². The van der Waals surface area contributed by atoms with E-state index in [0.717, 1.165) is 17.6 Å². The summed E-state index contributed by atoms with van der Waals surface area (Å²) >= 11 is 0. The molecule has 8 aliphatic rings. The van der Waals surface area contributed by atoms with E-state index in [1.54, 1.807) is 62.0 Å². The summed E-state index contributed by atoms with van der Waals surface area (Å²) in [6, 6.07) is -2.27. The molecular formula is C94H148N2O25. The Hall–Kier alpha value is -5.89. The Bertz CT molecular complexity index is 3640. The lowest BCUT2D eigenvalue weighted by Gasteiger charge is -2.47. The Morgan fingerprint density at radius 2 is 1.15 bits per heavy atom. The van der Waals surface area contributed by atoms with E-state index < -0.39 is 168 Å². The standard InChI is InChI=1S/C51H79NO13.C43H69NO12/c1-30-16-12-11-13-17-31(2)42(61-8)28-38-21-19-36(7)51(60,65-38)48(57)49(58)52-23-15-14-18-39(52)50(59)64-43(33(4)26-37-20-22-40(53)44(27-37)62-9)29-41(54)32(3)25-35(6)46(56)47(63-10)45(55)34(5)24-30;1-10-30-18-24(2)17-25(3)19-36(53-8)39-37(54-9)21-27(5)43(51,56-39)40(48)41(49)44-16-12-11-13-31(44)42(50)55-38(28(6)33(46)23-34(30)47)26(4)20-29-14-15-32(45)35(22-29)52-7/h11-13,16-17,25,30,32-34,36-40,42-44,46-47,53,56,60H,14-15,18-24,26-29H2,1-10H3;18,20,25,27-33,35-39,45-46,51H,10-17,19,21-23H2,1-9H3/b13-11+,16-12+,31-17+,35-25+;24-18+,26-20+/t30-,32-,33-,34-,36-,37+,38+,39+,40+,42+,43+,44?,46-,47?,51-;25-,27+,28+,29-,30-,31-,32+,33-,35+,36+,37-,38+,39?,43+/m10/s1. The van der Waals surface area contributed by atoms with E-state index in [9.17, 15) is 73.8 Å². The lowest BCUT2D eigenvalue weighted by atomic mass is 9.78. The SMILES string of the molecule is CC[C@H]1/C=C(\C)C[C@H](C)C[C@@H](OC)C2O[C@@](O)(C(=O)C(=O)N3CCCC[C@H]3C(=O)O[C@H](/C(C)=C/[C@@H]3CC[C@@H](O)[C@H](OC)C3)[C@H](C)[C@@H](O)CC1=O)[C@H](C)C[C@@H]2OC.COC1C(=O)[C@H](C)C[C@H](C)/C=C/C=C/C=C(\C)[C@@H](OC)C[C@@H]2CC[C@@H](C)[C@@](O)(O2)C(=O)C(=O)N2CCCC[C@H]2C(=O)O[C@H]([C@H](C)C[C@@H]2CC[C@H](O)C(OC)C2)CC(=O)[C@H](C)/C=C(\C)[C@H]1O. The van der Waals surface area contributed by atoms with Gasteiger partial charge in [0.05, 0.1) is 54.9 Å². The van der Waals surface area contributed by atoms with E-state index in [0.29, 0.717) is 120 Å². The van der Waals surface area contributed by atoms with Crippen LogP contribution < -0.4 is 0 Å². The first-order chi connectivity index (χ1) is 57.2. The second-order valence-electron chi connectivity index (χ2n) is 36.7. The van der Waals surface area contributed by atoms with Crippen LogP contribution in [0.15, 0.2) is 70.9 Å². The van der Waals surface area contributed by atoms with Crippen molar-refractivity contribution in [2.45, 2.75) is 347 Å². The molecule has 4 bridgehead atoms. The van der Waals surface area contributed by atoms with Gasteiger partial charge in [-0.15, -0.1) is 0 Å². The van der Waals surface area contributed by atoms with E-state index in [1.165, 1.54) is 31.1 Å². The number of Topliss-reactive ketones (excluding diaryl/α,β-unsaturated/α-hetero) is 5. The molecular weight excluding hydrogens is 1560 g/mol. The molecule has 29 atom stereocenters. The van der Waals surface area contributed by atoms with Gasteiger partial charge < -0.3 is 87.8 Å². The highest BCUT2D eigenvalue weighted by Crippen LogP contribution is 2.42. The Morgan fingerprint density at radius 1 is 0.570 bits per heavy atom. The highest BCUT2D eigenvalue weighted by atomic mass is 16.7. The van der Waals surface area contributed by atoms with Gasteiger partial charge in [-0.3, -0.25) is 33.6 Å². The Balaban J connectivity index is 0.000000337. The molecule has 2 aliphatic carbocycles. The zero-order valence-corrected chi connectivity index (χ0v) is 75.7. The molecule has 6 N–H and O–H groups in total. The minimum atomic E-state index is -2.50. The molecule has 0 radical (unpaired) electrons. The van der Waals surface area contributed by atoms with Gasteiger partial charge in [0.25, 0.3) is 23.4 Å². The highest BCUT2D eigenvalue weighted by molar-refractivity contribution is 6.39. The van der Waals surface area contributed by atoms with Gasteiger partial charge in [-0.1, -0.05) is 116 Å². The van der Waals surface area contributed by atoms with Crippen LogP contribution >= 0.6 is 0 Å². The Kier molecular flexibility index (Phi) is 40.2. The number of piperidine rings is 2. The number of rotatable bonds is 12. The van der Waals surface area contributed by atoms with Gasteiger partial charge in [-0.25, -0.2) is 9.59 Å². The third kappa shape index (κ3) is 26.9. The number of esters is 2. The molecule has 27 nitrogen and oxygen atoms in total. The van der Waals surface area contributed by atoms with Crippen molar-refractivity contribution in [3.8, 4) is 0 Å². The van der Waals surface area contributed by atoms with E-state index in [2.05, 4.69) is 6.92 Å². The molecule has 6 heterocycles. The molecule has 2 amide bonds. The van der Waals surface area contributed by atoms with Crippen LogP contribution in [0.25, 0.3) is 0 Å². The van der Waals surface area contributed by atoms with Crippen molar-refractivity contribution in [2.75, 3.05) is 55.7 Å². The van der Waals surface area contributed by atoms with Crippen LogP contribution in [0.4, 0.5) is 0 Å². The largest absolute Gasteiger partial charge is 0.460 e. The number of carbonyl (C=O) groups excluding carboxylic acids is 9. The molecule has 4 saturated heterocycles. The summed E-state index contributed by atoms with van der Waals surface area (Å²) in [6.07, 6.45) is 14.9. The predicted octanol–water partition coefficient (Wildman–Crippen LogP) is 10.7. The molecule has 2 saturated carbocycles. The van der Waals surface area contributed by atoms with Crippen molar-refractivity contribution in [3.05, 3.63) is 70.9 Å². The maximum absolute atomic E-state index is 14.4. The topological polar surface area (TPSA) is 374 Å². The number of hydrogen-bond acceptors (Lipinski definition) is 25. The fourth-order valence-corrected chi connectivity index (χ4v) is 19.5. The number of cyclic esters (lactones) is 2. The summed E-state index contributed by atoms with van der Waals surface area (Å²) in [5, 5.41) is 67.9. The number of allylic oxidation sites excluding steroid dienone is 9. The van der Waals surface area contributed by atoms with Gasteiger partial charge in [0.15, 0.2) is 5.78 Å². The Labute approximate surface area is 718 Å². The van der Waals surface area contributed by atoms with E-state index in [4.69, 9.17) is 47.4 Å². The van der Waals surface area contributed by atoms with Crippen molar-refractivity contribution < 1.29 is 121 Å². The van der Waals surface area contributed by atoms with Gasteiger partial charge in [0, 0.05) is 111 Å². The monoisotopic (exact) mass is 1710 g/mol. The van der Waals surface area contributed by atoms with E-state index >= 15 is 0 Å². The number of amides is 2.